The summed E-state index contributed by atoms with van der Waals surface area (Å²) in [5.41, 5.74) is -0.283. The summed E-state index contributed by atoms with van der Waals surface area (Å²) in [5, 5.41) is 12.1. The number of nitrogens with one attached hydrogen (secondary N) is 1. The van der Waals surface area contributed by atoms with Gasteiger partial charge in [-0.3, -0.25) is 9.59 Å². The third-order valence-corrected chi connectivity index (χ3v) is 6.69. The van der Waals surface area contributed by atoms with Crippen LogP contribution in [0.2, 0.25) is 0 Å². The number of hydrogen-bond donors (Lipinski definition) is 2. The van der Waals surface area contributed by atoms with E-state index in [9.17, 15) is 14.7 Å². The number of alkyl halides is 1. The molecule has 0 saturated carbocycles. The van der Waals surface area contributed by atoms with Gasteiger partial charge in [0.25, 0.3) is 0 Å². The molecule has 180 valence electrons. The first kappa shape index (κ1) is 27.1. The lowest BCUT2D eigenvalue weighted by Crippen LogP contribution is -2.52. The molecule has 32 heavy (non-hydrogen) atoms. The number of carbonyl (C=O) groups is 2. The van der Waals surface area contributed by atoms with Crippen molar-refractivity contribution < 1.29 is 24.2 Å². The zero-order valence-electron chi connectivity index (χ0n) is 19.3. The number of ketones is 1. The van der Waals surface area contributed by atoms with Crippen LogP contribution < -0.4 is 5.32 Å². The van der Waals surface area contributed by atoms with Crippen LogP contribution in [0.3, 0.4) is 0 Å². The second-order valence-corrected chi connectivity index (χ2v) is 9.65. The normalized spacial score (nSPS) is 31.9. The summed E-state index contributed by atoms with van der Waals surface area (Å²) in [5.74, 6) is -0.405. The molecule has 0 bridgehead atoms. The van der Waals surface area contributed by atoms with E-state index >= 15 is 0 Å². The Morgan fingerprint density at radius 2 is 2.12 bits per heavy atom. The Bertz CT molecular complexity index is 765. The van der Waals surface area contributed by atoms with Gasteiger partial charge in [-0.15, -0.1) is 11.6 Å². The minimum Gasteiger partial charge on any atom is -0.388 e. The van der Waals surface area contributed by atoms with Gasteiger partial charge in [-0.25, -0.2) is 0 Å². The average molecular weight is 488 g/mol. The maximum atomic E-state index is 12.5. The van der Waals surface area contributed by atoms with E-state index in [1.807, 2.05) is 6.92 Å². The van der Waals surface area contributed by atoms with Crippen LogP contribution >= 0.6 is 23.2 Å². The van der Waals surface area contributed by atoms with Crippen LogP contribution in [-0.2, 0) is 19.1 Å². The third-order valence-electron chi connectivity index (χ3n) is 5.96. The van der Waals surface area contributed by atoms with Crippen molar-refractivity contribution in [3.05, 3.63) is 34.9 Å². The Hall–Kier alpha value is -1.18. The fourth-order valence-corrected chi connectivity index (χ4v) is 4.90. The van der Waals surface area contributed by atoms with Crippen molar-refractivity contribution in [2.45, 2.75) is 88.7 Å². The summed E-state index contributed by atoms with van der Waals surface area (Å²) in [6, 6.07) is -0.550. The third kappa shape index (κ3) is 6.91. The number of aliphatic hydroxyl groups is 1. The van der Waals surface area contributed by atoms with E-state index < -0.39 is 35.2 Å². The van der Waals surface area contributed by atoms with Crippen molar-refractivity contribution in [3.63, 3.8) is 0 Å². The van der Waals surface area contributed by atoms with Gasteiger partial charge in [0, 0.05) is 19.6 Å². The number of Topliss-reactive ketones (excluding diaryl/α,β-unsaturated/α-hetero) is 1. The fourth-order valence-electron chi connectivity index (χ4n) is 4.21. The molecule has 0 aromatic carbocycles. The lowest BCUT2D eigenvalue weighted by molar-refractivity contribution is -0.176. The number of allylic oxidation sites excluding steroid dienone is 4. The van der Waals surface area contributed by atoms with Crippen LogP contribution in [0, 0.1) is 5.92 Å². The molecular formula is C24H35Cl2NO5. The van der Waals surface area contributed by atoms with E-state index in [-0.39, 0.29) is 17.4 Å². The molecule has 1 saturated heterocycles. The number of halogens is 2. The second kappa shape index (κ2) is 12.3. The maximum absolute atomic E-state index is 12.5. The summed E-state index contributed by atoms with van der Waals surface area (Å²) in [6.45, 7) is 6.36. The van der Waals surface area contributed by atoms with Gasteiger partial charge < -0.3 is 19.9 Å². The Labute approximate surface area is 201 Å². The van der Waals surface area contributed by atoms with E-state index in [0.29, 0.717) is 5.92 Å². The standard InChI is InChI=1S/C24H35Cl2NO5/c1-5-6-7-8-9-15(2)12-16(3)10-11-19(28)27-18-14-24(32-23(18)31-4)13-17(25)21(29)20(26)22(24)30/h10-13,15,18,20,22-23,30H,5-9,14H2,1-4H3,(H,27,28)/b11-10+,16-12+/t15-,18+,20+,22-,23-,24+/m1/s1. The van der Waals surface area contributed by atoms with Crippen LogP contribution in [0.4, 0.5) is 0 Å². The zero-order chi connectivity index (χ0) is 23.9. The van der Waals surface area contributed by atoms with Gasteiger partial charge in [0.05, 0.1) is 11.1 Å². The van der Waals surface area contributed by atoms with Crippen molar-refractivity contribution in [1.29, 1.82) is 0 Å². The van der Waals surface area contributed by atoms with Crippen molar-refractivity contribution in [2.75, 3.05) is 7.11 Å². The van der Waals surface area contributed by atoms with Crippen molar-refractivity contribution in [2.24, 2.45) is 5.92 Å². The molecule has 6 atom stereocenters. The molecule has 8 heteroatoms. The maximum Gasteiger partial charge on any atom is 0.244 e. The van der Waals surface area contributed by atoms with Crippen LogP contribution in [0.15, 0.2) is 34.9 Å². The number of rotatable bonds is 10. The molecule has 1 spiro atoms. The van der Waals surface area contributed by atoms with Crippen LogP contribution in [0.5, 0.6) is 0 Å². The van der Waals surface area contributed by atoms with Gasteiger partial charge in [0.2, 0.25) is 5.91 Å². The predicted octanol–water partition coefficient (Wildman–Crippen LogP) is 4.39. The molecule has 1 aliphatic carbocycles. The summed E-state index contributed by atoms with van der Waals surface area (Å²) >= 11 is 12.1. The van der Waals surface area contributed by atoms with Gasteiger partial charge in [-0.2, -0.15) is 0 Å². The molecule has 2 N–H and O–H groups in total. The number of aliphatic hydroxyl groups excluding tert-OH is 1. The van der Waals surface area contributed by atoms with E-state index in [1.54, 1.807) is 6.08 Å². The first-order valence-corrected chi connectivity index (χ1v) is 12.1. The van der Waals surface area contributed by atoms with Gasteiger partial charge >= 0.3 is 0 Å². The van der Waals surface area contributed by atoms with Gasteiger partial charge in [0.1, 0.15) is 17.1 Å². The highest BCUT2D eigenvalue weighted by atomic mass is 35.5. The van der Waals surface area contributed by atoms with Crippen molar-refractivity contribution in [3.8, 4) is 0 Å². The quantitative estimate of drug-likeness (QED) is 0.206. The summed E-state index contributed by atoms with van der Waals surface area (Å²) in [7, 11) is 1.44. The Kier molecular flexibility index (Phi) is 10.4. The molecular weight excluding hydrogens is 453 g/mol. The highest BCUT2D eigenvalue weighted by molar-refractivity contribution is 6.49. The first-order chi connectivity index (χ1) is 15.1. The van der Waals surface area contributed by atoms with E-state index in [2.05, 4.69) is 25.2 Å². The van der Waals surface area contributed by atoms with Crippen molar-refractivity contribution in [1.82, 2.24) is 5.32 Å². The van der Waals surface area contributed by atoms with Crippen LogP contribution in [-0.4, -0.2) is 53.3 Å². The molecule has 6 nitrogen and oxygen atoms in total. The fraction of sp³-hybridized carbons (Fsp3) is 0.667. The first-order valence-electron chi connectivity index (χ1n) is 11.3. The number of carbonyl (C=O) groups excluding carboxylic acids is 2. The van der Waals surface area contributed by atoms with Crippen LogP contribution in [0.25, 0.3) is 0 Å². The summed E-state index contributed by atoms with van der Waals surface area (Å²) in [4.78, 5) is 24.4. The monoisotopic (exact) mass is 487 g/mol. The van der Waals surface area contributed by atoms with Crippen LogP contribution in [0.1, 0.15) is 59.3 Å². The summed E-state index contributed by atoms with van der Waals surface area (Å²) < 4.78 is 11.2. The highest BCUT2D eigenvalue weighted by Crippen LogP contribution is 2.42. The Morgan fingerprint density at radius 3 is 2.78 bits per heavy atom. The molecule has 0 radical (unpaired) electrons. The predicted molar refractivity (Wildman–Crippen MR) is 127 cm³/mol. The van der Waals surface area contributed by atoms with Gasteiger partial charge in [-0.1, -0.05) is 68.9 Å². The highest BCUT2D eigenvalue weighted by Gasteiger charge is 2.56. The molecule has 2 aliphatic rings. The largest absolute Gasteiger partial charge is 0.388 e. The van der Waals surface area contributed by atoms with Crippen molar-refractivity contribution >= 4 is 34.9 Å². The number of hydrogen-bond acceptors (Lipinski definition) is 5. The Balaban J connectivity index is 1.97. The average Bonchev–Trinajstić information content (AvgIpc) is 3.10. The zero-order valence-corrected chi connectivity index (χ0v) is 20.8. The minimum absolute atomic E-state index is 0.0957. The van der Waals surface area contributed by atoms with Gasteiger partial charge in [0.15, 0.2) is 12.1 Å². The van der Waals surface area contributed by atoms with Gasteiger partial charge in [-0.05, 0) is 25.3 Å². The molecule has 0 aromatic rings. The summed E-state index contributed by atoms with van der Waals surface area (Å²) in [6.07, 6.45) is 10.9. The second-order valence-electron chi connectivity index (χ2n) is 8.77. The lowest BCUT2D eigenvalue weighted by atomic mass is 9.83. The number of methoxy groups -OCH3 is 1. The lowest BCUT2D eigenvalue weighted by Gasteiger charge is -2.36. The van der Waals surface area contributed by atoms with E-state index in [4.69, 9.17) is 32.7 Å². The SMILES string of the molecule is CCCCCC[C@@H](C)/C=C(C)/C=C/C(=O)N[C@H]1C[C@]2(C=C(Cl)C(=O)[C@H](Cl)[C@H]2O)O[C@H]1OC. The number of amides is 1. The minimum atomic E-state index is -1.31. The number of unbranched alkanes of at least 4 members (excludes halogenated alkanes) is 3. The Morgan fingerprint density at radius 1 is 1.41 bits per heavy atom. The molecule has 1 fully saturated rings. The molecule has 1 heterocycles. The molecule has 1 amide bonds. The van der Waals surface area contributed by atoms with E-state index in [0.717, 1.165) is 12.0 Å². The molecule has 0 unspecified atom stereocenters. The molecule has 0 aromatic heterocycles. The smallest absolute Gasteiger partial charge is 0.244 e. The number of ether oxygens (including phenoxy) is 2. The van der Waals surface area contributed by atoms with E-state index in [1.165, 1.54) is 44.9 Å². The molecule has 2 rings (SSSR count). The molecule has 1 aliphatic heterocycles. The topological polar surface area (TPSA) is 84.9 Å².